The van der Waals surface area contributed by atoms with E-state index in [0.29, 0.717) is 29.0 Å². The average molecular weight is 596 g/mol. The number of sulfonamides is 1. The summed E-state index contributed by atoms with van der Waals surface area (Å²) in [6, 6.07) is 20.8. The molecule has 5 rings (SSSR count). The Labute approximate surface area is 243 Å². The lowest BCUT2D eigenvalue weighted by atomic mass is 10.2. The molecule has 1 atom stereocenters. The summed E-state index contributed by atoms with van der Waals surface area (Å²) in [5, 5.41) is 4.07. The van der Waals surface area contributed by atoms with Gasteiger partial charge in [0.1, 0.15) is 5.69 Å². The number of amides is 1. The Hall–Kier alpha value is -2.99. The third-order valence-electron chi connectivity index (χ3n) is 6.75. The molecule has 0 radical (unpaired) electrons. The number of benzene rings is 2. The summed E-state index contributed by atoms with van der Waals surface area (Å²) in [5.74, 6) is 2.95. The Morgan fingerprint density at radius 3 is 2.67 bits per heavy atom. The second kappa shape index (κ2) is 13.1. The van der Waals surface area contributed by atoms with Gasteiger partial charge in [-0.1, -0.05) is 48.5 Å². The van der Waals surface area contributed by atoms with Crippen LogP contribution in [0.4, 0.5) is 5.69 Å². The van der Waals surface area contributed by atoms with Gasteiger partial charge in [-0.25, -0.2) is 4.98 Å². The van der Waals surface area contributed by atoms with Crippen LogP contribution in [0.5, 0.6) is 0 Å². The second-order valence-corrected chi connectivity index (χ2v) is 13.8. The number of carbonyl (C=O) groups excluding carboxylic acids is 1. The summed E-state index contributed by atoms with van der Waals surface area (Å²) < 4.78 is 28.7. The van der Waals surface area contributed by atoms with E-state index in [2.05, 4.69) is 49.2 Å². The fourth-order valence-electron chi connectivity index (χ4n) is 4.65. The molecule has 0 saturated carbocycles. The van der Waals surface area contributed by atoms with Crippen molar-refractivity contribution in [1.82, 2.24) is 20.2 Å². The van der Waals surface area contributed by atoms with Crippen LogP contribution >= 0.6 is 23.5 Å². The number of fused-ring (bicyclic) bond motifs is 1. The highest BCUT2D eigenvalue weighted by Crippen LogP contribution is 2.27. The van der Waals surface area contributed by atoms with Crippen LogP contribution in [0.25, 0.3) is 10.9 Å². The number of rotatable bonds is 11. The van der Waals surface area contributed by atoms with Gasteiger partial charge in [-0.05, 0) is 36.2 Å². The number of carbonyl (C=O) groups is 1. The molecule has 1 saturated heterocycles. The third-order valence-corrected chi connectivity index (χ3v) is 10.4. The molecule has 2 aromatic heterocycles. The first kappa shape index (κ1) is 28.5. The number of anilines is 1. The number of pyridine rings is 1. The highest BCUT2D eigenvalue weighted by Gasteiger charge is 2.22. The normalized spacial score (nSPS) is 15.1. The molecule has 1 aliphatic heterocycles. The van der Waals surface area contributed by atoms with Crippen molar-refractivity contribution >= 4 is 56.0 Å². The van der Waals surface area contributed by atoms with Crippen molar-refractivity contribution in [3.05, 3.63) is 89.7 Å². The summed E-state index contributed by atoms with van der Waals surface area (Å²) in [5.41, 5.74) is 3.12. The summed E-state index contributed by atoms with van der Waals surface area (Å²) in [6.45, 7) is 5.30. The number of hydrogen-bond donors (Lipinski definition) is 3. The molecule has 2 aromatic carbocycles. The van der Waals surface area contributed by atoms with Crippen molar-refractivity contribution in [1.29, 1.82) is 0 Å². The first-order valence-corrected chi connectivity index (χ1v) is 16.9. The Balaban J connectivity index is 1.28. The SMILES string of the molecule is Cc1cccnc1S(=O)(=O)Nc1cccc2cc(C(=O)NCC(CN3CCSCC3)SCc3ccccc3)[nH]c12. The van der Waals surface area contributed by atoms with Crippen molar-refractivity contribution < 1.29 is 13.2 Å². The lowest BCUT2D eigenvalue weighted by Gasteiger charge is -2.30. The number of nitrogens with zero attached hydrogens (tertiary/aromatic N) is 2. The van der Waals surface area contributed by atoms with Crippen molar-refractivity contribution in [2.75, 3.05) is 42.4 Å². The van der Waals surface area contributed by atoms with E-state index < -0.39 is 10.0 Å². The van der Waals surface area contributed by atoms with Gasteiger partial charge >= 0.3 is 0 Å². The summed E-state index contributed by atoms with van der Waals surface area (Å²) in [6.07, 6.45) is 1.45. The average Bonchev–Trinajstić information content (AvgIpc) is 3.41. The number of para-hydroxylation sites is 1. The number of aryl methyl sites for hydroxylation is 1. The maximum Gasteiger partial charge on any atom is 0.279 e. The monoisotopic (exact) mass is 595 g/mol. The fraction of sp³-hybridized carbons (Fsp3) is 0.310. The number of nitrogens with one attached hydrogen (secondary N) is 3. The van der Waals surface area contributed by atoms with Crippen molar-refractivity contribution in [3.63, 3.8) is 0 Å². The largest absolute Gasteiger partial charge is 0.350 e. The molecule has 8 nitrogen and oxygen atoms in total. The maximum atomic E-state index is 13.2. The first-order chi connectivity index (χ1) is 19.4. The molecule has 0 spiro atoms. The molecule has 11 heteroatoms. The zero-order valence-electron chi connectivity index (χ0n) is 22.3. The predicted molar refractivity (Wildman–Crippen MR) is 166 cm³/mol. The number of thioether (sulfide) groups is 2. The summed E-state index contributed by atoms with van der Waals surface area (Å²) >= 11 is 3.85. The molecular weight excluding hydrogens is 563 g/mol. The molecule has 4 aromatic rings. The minimum absolute atomic E-state index is 0.0251. The van der Waals surface area contributed by atoms with E-state index in [9.17, 15) is 13.2 Å². The van der Waals surface area contributed by atoms with Gasteiger partial charge in [0.15, 0.2) is 5.03 Å². The van der Waals surface area contributed by atoms with Crippen LogP contribution in [-0.4, -0.2) is 72.1 Å². The fourth-order valence-corrected chi connectivity index (χ4v) is 8.01. The number of H-pyrrole nitrogens is 1. The van der Waals surface area contributed by atoms with E-state index in [1.165, 1.54) is 11.8 Å². The topological polar surface area (TPSA) is 107 Å². The van der Waals surface area contributed by atoms with Gasteiger partial charge in [0.2, 0.25) is 0 Å². The van der Waals surface area contributed by atoms with Gasteiger partial charge in [0.05, 0.1) is 11.2 Å². The van der Waals surface area contributed by atoms with E-state index in [-0.39, 0.29) is 16.2 Å². The third kappa shape index (κ3) is 7.20. The van der Waals surface area contributed by atoms with Gasteiger partial charge in [-0.15, -0.1) is 0 Å². The van der Waals surface area contributed by atoms with E-state index in [1.807, 2.05) is 35.7 Å². The predicted octanol–water partition coefficient (Wildman–Crippen LogP) is 4.75. The van der Waals surface area contributed by atoms with Gasteiger partial charge in [-0.3, -0.25) is 9.52 Å². The molecule has 40 heavy (non-hydrogen) atoms. The molecule has 1 aliphatic rings. The summed E-state index contributed by atoms with van der Waals surface area (Å²) in [7, 11) is -3.90. The van der Waals surface area contributed by atoms with Crippen LogP contribution in [0.2, 0.25) is 0 Å². The van der Waals surface area contributed by atoms with E-state index in [4.69, 9.17) is 0 Å². The minimum atomic E-state index is -3.90. The lowest BCUT2D eigenvalue weighted by Crippen LogP contribution is -2.42. The van der Waals surface area contributed by atoms with Gasteiger partial charge in [-0.2, -0.15) is 31.9 Å². The molecule has 210 valence electrons. The van der Waals surface area contributed by atoms with Crippen LogP contribution in [0, 0.1) is 6.92 Å². The quantitative estimate of drug-likeness (QED) is 0.230. The van der Waals surface area contributed by atoms with Gasteiger partial charge < -0.3 is 15.2 Å². The Morgan fingerprint density at radius 1 is 1.10 bits per heavy atom. The van der Waals surface area contributed by atoms with Crippen molar-refractivity contribution in [2.45, 2.75) is 23.0 Å². The van der Waals surface area contributed by atoms with E-state index in [0.717, 1.165) is 42.3 Å². The van der Waals surface area contributed by atoms with Crippen LogP contribution in [-0.2, 0) is 15.8 Å². The standard InChI is InChI=1S/C29H33N5O3S3/c1-21-7-6-12-30-29(21)40(36,37)33-25-11-5-10-23-17-26(32-27(23)25)28(35)31-18-24(19-34-13-15-38-16-14-34)39-20-22-8-3-2-4-9-22/h2-12,17,24,32-33H,13-16,18-20H2,1H3,(H,31,35). The smallest absolute Gasteiger partial charge is 0.279 e. The molecule has 1 amide bonds. The molecule has 1 unspecified atom stereocenters. The van der Waals surface area contributed by atoms with Crippen LogP contribution in [0.3, 0.4) is 0 Å². The number of aromatic amines is 1. The molecule has 1 fully saturated rings. The Kier molecular flexibility index (Phi) is 9.36. The van der Waals surface area contributed by atoms with Crippen molar-refractivity contribution in [2.24, 2.45) is 0 Å². The first-order valence-electron chi connectivity index (χ1n) is 13.2. The van der Waals surface area contributed by atoms with E-state index >= 15 is 0 Å². The molecule has 0 bridgehead atoms. The molecule has 0 aliphatic carbocycles. The number of hydrogen-bond acceptors (Lipinski definition) is 7. The molecular formula is C29H33N5O3S3. The zero-order valence-corrected chi connectivity index (χ0v) is 24.7. The second-order valence-electron chi connectivity index (χ2n) is 9.73. The van der Waals surface area contributed by atoms with Gasteiger partial charge in [0, 0.05) is 60.3 Å². The minimum Gasteiger partial charge on any atom is -0.350 e. The zero-order chi connectivity index (χ0) is 28.0. The highest BCUT2D eigenvalue weighted by atomic mass is 32.2. The summed E-state index contributed by atoms with van der Waals surface area (Å²) in [4.78, 5) is 22.9. The van der Waals surface area contributed by atoms with Gasteiger partial charge in [0.25, 0.3) is 15.9 Å². The Bertz CT molecular complexity index is 1550. The van der Waals surface area contributed by atoms with Crippen LogP contribution in [0.1, 0.15) is 21.6 Å². The molecule has 3 N–H and O–H groups in total. The molecule has 3 heterocycles. The number of aromatic nitrogens is 2. The van der Waals surface area contributed by atoms with Crippen LogP contribution < -0.4 is 10.0 Å². The highest BCUT2D eigenvalue weighted by molar-refractivity contribution is 7.99. The lowest BCUT2D eigenvalue weighted by molar-refractivity contribution is 0.0948. The maximum absolute atomic E-state index is 13.2. The Morgan fingerprint density at radius 2 is 1.90 bits per heavy atom. The van der Waals surface area contributed by atoms with E-state index in [1.54, 1.807) is 37.3 Å². The van der Waals surface area contributed by atoms with Crippen LogP contribution in [0.15, 0.2) is 78.0 Å². The van der Waals surface area contributed by atoms with Crippen molar-refractivity contribution in [3.8, 4) is 0 Å².